The van der Waals surface area contributed by atoms with Crippen LogP contribution < -0.4 is 24.4 Å². The van der Waals surface area contributed by atoms with Crippen LogP contribution in [-0.4, -0.2) is 24.5 Å². The minimum Gasteiger partial charge on any atom is -0.490 e. The third kappa shape index (κ3) is 7.62. The van der Waals surface area contributed by atoms with E-state index >= 15 is 0 Å². The summed E-state index contributed by atoms with van der Waals surface area (Å²) < 4.78 is 18.1. The number of barbiturate groups is 1. The molecule has 12 heteroatoms. The molecular formula is C33H24BrCl3N2O6. The summed E-state index contributed by atoms with van der Waals surface area (Å²) in [7, 11) is 0. The van der Waals surface area contributed by atoms with E-state index in [4.69, 9.17) is 49.0 Å². The molecule has 0 aliphatic carbocycles. The zero-order valence-electron chi connectivity index (χ0n) is 23.6. The Morgan fingerprint density at radius 1 is 0.822 bits per heavy atom. The van der Waals surface area contributed by atoms with Gasteiger partial charge in [-0.25, -0.2) is 9.69 Å². The number of imide groups is 2. The average molecular weight is 731 g/mol. The van der Waals surface area contributed by atoms with E-state index < -0.39 is 17.8 Å². The van der Waals surface area contributed by atoms with Gasteiger partial charge in [0.25, 0.3) is 11.8 Å². The van der Waals surface area contributed by atoms with Crippen LogP contribution in [0, 0.1) is 0 Å². The Hall–Kier alpha value is -4.02. The Labute approximate surface area is 282 Å². The molecule has 0 radical (unpaired) electrons. The first-order chi connectivity index (χ1) is 21.6. The number of rotatable bonds is 10. The van der Waals surface area contributed by atoms with Crippen LogP contribution in [0.1, 0.15) is 23.6 Å². The Morgan fingerprint density at radius 2 is 1.53 bits per heavy atom. The number of hydrogen-bond acceptors (Lipinski definition) is 6. The molecule has 0 unspecified atom stereocenters. The zero-order valence-corrected chi connectivity index (χ0v) is 27.5. The van der Waals surface area contributed by atoms with Gasteiger partial charge in [0.2, 0.25) is 0 Å². The molecule has 230 valence electrons. The topological polar surface area (TPSA) is 94.2 Å². The minimum atomic E-state index is -0.868. The normalized spacial score (nSPS) is 14.0. The molecule has 0 spiro atoms. The lowest BCUT2D eigenvalue weighted by atomic mass is 10.1. The molecule has 8 nitrogen and oxygen atoms in total. The second-order valence-corrected chi connectivity index (χ2v) is 11.7. The number of halogens is 4. The second-order valence-electron chi connectivity index (χ2n) is 9.62. The van der Waals surface area contributed by atoms with Crippen molar-refractivity contribution in [2.45, 2.75) is 20.1 Å². The number of nitrogens with one attached hydrogen (secondary N) is 1. The summed E-state index contributed by atoms with van der Waals surface area (Å²) in [4.78, 5) is 40.0. The molecule has 1 aliphatic rings. The monoisotopic (exact) mass is 728 g/mol. The number of urea groups is 1. The first kappa shape index (κ1) is 32.4. The molecule has 45 heavy (non-hydrogen) atoms. The van der Waals surface area contributed by atoms with Crippen LogP contribution in [0.25, 0.3) is 6.08 Å². The van der Waals surface area contributed by atoms with Gasteiger partial charge in [-0.15, -0.1) is 0 Å². The van der Waals surface area contributed by atoms with E-state index in [1.807, 2.05) is 25.1 Å². The van der Waals surface area contributed by atoms with E-state index in [-0.39, 0.29) is 24.5 Å². The van der Waals surface area contributed by atoms with Crippen LogP contribution in [0.4, 0.5) is 10.5 Å². The number of ether oxygens (including phenoxy) is 3. The molecule has 0 saturated carbocycles. The molecule has 5 rings (SSSR count). The highest BCUT2D eigenvalue weighted by atomic mass is 79.9. The largest absolute Gasteiger partial charge is 0.490 e. The van der Waals surface area contributed by atoms with Crippen LogP contribution in [0.5, 0.6) is 17.2 Å². The summed E-state index contributed by atoms with van der Waals surface area (Å²) in [6, 6.07) is 21.2. The SMILES string of the molecule is CCOc1cc(/C=C2\C(=O)NC(=O)N(c3ccc(OCc4ccccc4Cl)cc3)C2=O)cc(Br)c1OCc1ccc(Cl)cc1Cl. The number of benzene rings is 4. The second kappa shape index (κ2) is 14.4. The Balaban J connectivity index is 1.36. The molecule has 0 aromatic heterocycles. The number of carbonyl (C=O) groups is 3. The van der Waals surface area contributed by atoms with Crippen LogP contribution in [0.3, 0.4) is 0 Å². The number of hydrogen-bond donors (Lipinski definition) is 1. The maximum Gasteiger partial charge on any atom is 0.335 e. The van der Waals surface area contributed by atoms with Crippen LogP contribution >= 0.6 is 50.7 Å². The van der Waals surface area contributed by atoms with Gasteiger partial charge in [0, 0.05) is 26.2 Å². The molecule has 1 saturated heterocycles. The molecular weight excluding hydrogens is 707 g/mol. The summed E-state index contributed by atoms with van der Waals surface area (Å²) in [6.07, 6.45) is 1.38. The molecule has 4 amide bonds. The first-order valence-corrected chi connectivity index (χ1v) is 15.5. The van der Waals surface area contributed by atoms with Crippen molar-refractivity contribution in [2.75, 3.05) is 11.5 Å². The highest BCUT2D eigenvalue weighted by Crippen LogP contribution is 2.39. The molecule has 1 aliphatic heterocycles. The highest BCUT2D eigenvalue weighted by molar-refractivity contribution is 9.10. The summed E-state index contributed by atoms with van der Waals surface area (Å²) >= 11 is 22.0. The van der Waals surface area contributed by atoms with Gasteiger partial charge in [0.15, 0.2) is 11.5 Å². The lowest BCUT2D eigenvalue weighted by Gasteiger charge is -2.26. The third-order valence-corrected chi connectivity index (χ3v) is 8.12. The van der Waals surface area contributed by atoms with Crippen molar-refractivity contribution >= 4 is 80.3 Å². The lowest BCUT2D eigenvalue weighted by molar-refractivity contribution is -0.122. The van der Waals surface area contributed by atoms with Crippen LogP contribution in [-0.2, 0) is 22.8 Å². The van der Waals surface area contributed by atoms with Crippen molar-refractivity contribution in [3.63, 3.8) is 0 Å². The fourth-order valence-electron chi connectivity index (χ4n) is 4.39. The zero-order chi connectivity index (χ0) is 32.1. The summed E-state index contributed by atoms with van der Waals surface area (Å²) in [5.41, 5.74) is 1.99. The standard InChI is InChI=1S/C33H24BrCl3N2O6/c1-2-43-29-15-19(14-26(34)30(29)45-18-21-7-8-22(35)16-28(21)37)13-25-31(40)38-33(42)39(32(25)41)23-9-11-24(12-10-23)44-17-20-5-3-4-6-27(20)36/h3-16H,2,17-18H2,1H3,(H,38,40,42)/b25-13+. The quantitative estimate of drug-likeness (QED) is 0.130. The third-order valence-electron chi connectivity index (χ3n) is 6.58. The number of carbonyl (C=O) groups excluding carboxylic acids is 3. The molecule has 0 atom stereocenters. The maximum atomic E-state index is 13.5. The summed E-state index contributed by atoms with van der Waals surface area (Å²) in [5.74, 6) is -0.344. The first-order valence-electron chi connectivity index (χ1n) is 13.6. The average Bonchev–Trinajstić information content (AvgIpc) is 3.00. The Bertz CT molecular complexity index is 1810. The van der Waals surface area contributed by atoms with Crippen molar-refractivity contribution in [3.8, 4) is 17.2 Å². The fraction of sp³-hybridized carbons (Fsp3) is 0.121. The van der Waals surface area contributed by atoms with Crippen molar-refractivity contribution in [1.29, 1.82) is 0 Å². The molecule has 4 aromatic rings. The van der Waals surface area contributed by atoms with Gasteiger partial charge in [-0.3, -0.25) is 14.9 Å². The van der Waals surface area contributed by atoms with Gasteiger partial charge in [-0.05, 0) is 89.1 Å². The van der Waals surface area contributed by atoms with Crippen molar-refractivity contribution in [1.82, 2.24) is 5.32 Å². The molecule has 1 N–H and O–H groups in total. The maximum absolute atomic E-state index is 13.5. The molecule has 0 bridgehead atoms. The predicted octanol–water partition coefficient (Wildman–Crippen LogP) is 8.63. The van der Waals surface area contributed by atoms with Crippen molar-refractivity contribution in [3.05, 3.63) is 121 Å². The number of amides is 4. The number of anilines is 1. The molecule has 4 aromatic carbocycles. The minimum absolute atomic E-state index is 0.136. The number of nitrogens with zero attached hydrogens (tertiary/aromatic N) is 1. The van der Waals surface area contributed by atoms with Crippen molar-refractivity contribution in [2.24, 2.45) is 0 Å². The van der Waals surface area contributed by atoms with E-state index in [9.17, 15) is 14.4 Å². The van der Waals surface area contributed by atoms with Crippen LogP contribution in [0.2, 0.25) is 15.1 Å². The fourth-order valence-corrected chi connectivity index (χ4v) is 5.62. The Morgan fingerprint density at radius 3 is 2.24 bits per heavy atom. The molecule has 1 fully saturated rings. The lowest BCUT2D eigenvalue weighted by Crippen LogP contribution is -2.54. The van der Waals surface area contributed by atoms with Gasteiger partial charge >= 0.3 is 6.03 Å². The van der Waals surface area contributed by atoms with E-state index in [0.29, 0.717) is 49.0 Å². The molecule has 1 heterocycles. The summed E-state index contributed by atoms with van der Waals surface area (Å²) in [6.45, 7) is 2.51. The summed E-state index contributed by atoms with van der Waals surface area (Å²) in [5, 5.41) is 3.78. The van der Waals surface area contributed by atoms with Crippen LogP contribution in [0.15, 0.2) is 88.9 Å². The highest BCUT2D eigenvalue weighted by Gasteiger charge is 2.37. The predicted molar refractivity (Wildman–Crippen MR) is 177 cm³/mol. The van der Waals surface area contributed by atoms with E-state index in [2.05, 4.69) is 21.2 Å². The smallest absolute Gasteiger partial charge is 0.335 e. The Kier molecular flexibility index (Phi) is 10.4. The van der Waals surface area contributed by atoms with Gasteiger partial charge < -0.3 is 14.2 Å². The van der Waals surface area contributed by atoms with E-state index in [0.717, 1.165) is 16.0 Å². The van der Waals surface area contributed by atoms with Gasteiger partial charge in [0.05, 0.1) is 16.8 Å². The van der Waals surface area contributed by atoms with Gasteiger partial charge in [0.1, 0.15) is 24.5 Å². The van der Waals surface area contributed by atoms with Gasteiger partial charge in [-0.2, -0.15) is 0 Å². The van der Waals surface area contributed by atoms with E-state index in [1.54, 1.807) is 60.7 Å². The van der Waals surface area contributed by atoms with Gasteiger partial charge in [-0.1, -0.05) is 59.1 Å². The van der Waals surface area contributed by atoms with Crippen molar-refractivity contribution < 1.29 is 28.6 Å². The van der Waals surface area contributed by atoms with E-state index in [1.165, 1.54) is 6.08 Å².